The standard InChI is InChI=1S/C13H14N4O.2C2H6/c1-2-14-12(18)10-5-3-6-11(9-10)17-13-15-7-4-8-16-13;2*1-2/h3-9H,2H2,1H3,(H,14,18)(H,15,16,17);2*1-2H3. The van der Waals surface area contributed by atoms with Gasteiger partial charge in [-0.3, -0.25) is 4.79 Å². The Hall–Kier alpha value is -2.43. The number of rotatable bonds is 4. The summed E-state index contributed by atoms with van der Waals surface area (Å²) in [6, 6.07) is 8.95. The molecule has 0 radical (unpaired) electrons. The average molecular weight is 302 g/mol. The van der Waals surface area contributed by atoms with Crippen LogP contribution in [0.3, 0.4) is 0 Å². The van der Waals surface area contributed by atoms with Gasteiger partial charge in [-0.15, -0.1) is 0 Å². The molecule has 0 unspecified atom stereocenters. The van der Waals surface area contributed by atoms with Gasteiger partial charge in [0.05, 0.1) is 0 Å². The molecular formula is C17H26N4O. The van der Waals surface area contributed by atoms with Crippen LogP contribution < -0.4 is 10.6 Å². The lowest BCUT2D eigenvalue weighted by atomic mass is 10.2. The van der Waals surface area contributed by atoms with Gasteiger partial charge in [-0.1, -0.05) is 33.8 Å². The number of aromatic nitrogens is 2. The molecule has 0 saturated heterocycles. The van der Waals surface area contributed by atoms with Crippen molar-refractivity contribution < 1.29 is 4.79 Å². The van der Waals surface area contributed by atoms with E-state index in [1.165, 1.54) is 0 Å². The predicted molar refractivity (Wildman–Crippen MR) is 92.5 cm³/mol. The fourth-order valence-corrected chi connectivity index (χ4v) is 1.49. The SMILES string of the molecule is CC.CC.CCNC(=O)c1cccc(Nc2ncccn2)c1. The first kappa shape index (κ1) is 19.6. The number of hydrogen-bond donors (Lipinski definition) is 2. The molecule has 5 nitrogen and oxygen atoms in total. The zero-order valence-corrected chi connectivity index (χ0v) is 14.1. The molecule has 22 heavy (non-hydrogen) atoms. The summed E-state index contributed by atoms with van der Waals surface area (Å²) in [6.45, 7) is 10.5. The summed E-state index contributed by atoms with van der Waals surface area (Å²) in [6.07, 6.45) is 3.31. The second-order valence-electron chi connectivity index (χ2n) is 3.64. The van der Waals surface area contributed by atoms with E-state index in [4.69, 9.17) is 0 Å². The average Bonchev–Trinajstić information content (AvgIpc) is 2.60. The summed E-state index contributed by atoms with van der Waals surface area (Å²) in [5.74, 6) is 0.417. The lowest BCUT2D eigenvalue weighted by Crippen LogP contribution is -2.22. The molecule has 0 spiro atoms. The Balaban J connectivity index is 0.00000102. The van der Waals surface area contributed by atoms with Crippen LogP contribution in [0.5, 0.6) is 0 Å². The minimum atomic E-state index is -0.0878. The van der Waals surface area contributed by atoms with Crippen molar-refractivity contribution in [3.05, 3.63) is 48.3 Å². The van der Waals surface area contributed by atoms with Crippen molar-refractivity contribution in [3.63, 3.8) is 0 Å². The van der Waals surface area contributed by atoms with Crippen molar-refractivity contribution in [1.82, 2.24) is 15.3 Å². The Kier molecular flexibility index (Phi) is 11.0. The van der Waals surface area contributed by atoms with Crippen LogP contribution in [0.4, 0.5) is 11.6 Å². The van der Waals surface area contributed by atoms with Gasteiger partial charge in [-0.2, -0.15) is 0 Å². The number of carbonyl (C=O) groups excluding carboxylic acids is 1. The molecule has 0 aliphatic carbocycles. The van der Waals surface area contributed by atoms with Crippen molar-refractivity contribution in [2.24, 2.45) is 0 Å². The van der Waals surface area contributed by atoms with Crippen LogP contribution in [0.25, 0.3) is 0 Å². The van der Waals surface area contributed by atoms with Gasteiger partial charge in [0.15, 0.2) is 0 Å². The van der Waals surface area contributed by atoms with Crippen LogP contribution >= 0.6 is 0 Å². The van der Waals surface area contributed by atoms with E-state index in [1.54, 1.807) is 30.6 Å². The van der Waals surface area contributed by atoms with Crippen molar-refractivity contribution in [3.8, 4) is 0 Å². The number of benzene rings is 1. The van der Waals surface area contributed by atoms with Crippen molar-refractivity contribution in [1.29, 1.82) is 0 Å². The maximum Gasteiger partial charge on any atom is 0.251 e. The highest BCUT2D eigenvalue weighted by Crippen LogP contribution is 2.14. The third kappa shape index (κ3) is 6.83. The van der Waals surface area contributed by atoms with Gasteiger partial charge in [0.25, 0.3) is 5.91 Å². The molecule has 120 valence electrons. The van der Waals surface area contributed by atoms with E-state index < -0.39 is 0 Å². The minimum absolute atomic E-state index is 0.0878. The molecular weight excluding hydrogens is 276 g/mol. The second-order valence-corrected chi connectivity index (χ2v) is 3.64. The molecule has 1 heterocycles. The van der Waals surface area contributed by atoms with Gasteiger partial charge in [0.1, 0.15) is 0 Å². The van der Waals surface area contributed by atoms with Gasteiger partial charge in [0, 0.05) is 30.2 Å². The Bertz CT molecular complexity index is 529. The highest BCUT2D eigenvalue weighted by Gasteiger charge is 2.05. The fourth-order valence-electron chi connectivity index (χ4n) is 1.49. The smallest absolute Gasteiger partial charge is 0.251 e. The fraction of sp³-hybridized carbons (Fsp3) is 0.353. The Morgan fingerprint density at radius 3 is 2.27 bits per heavy atom. The highest BCUT2D eigenvalue weighted by molar-refractivity contribution is 5.95. The topological polar surface area (TPSA) is 66.9 Å². The van der Waals surface area contributed by atoms with Crippen molar-refractivity contribution in [2.45, 2.75) is 34.6 Å². The first-order valence-corrected chi connectivity index (χ1v) is 7.72. The minimum Gasteiger partial charge on any atom is -0.352 e. The monoisotopic (exact) mass is 302 g/mol. The van der Waals surface area contributed by atoms with Gasteiger partial charge in [-0.05, 0) is 31.2 Å². The zero-order valence-electron chi connectivity index (χ0n) is 14.1. The first-order valence-electron chi connectivity index (χ1n) is 7.72. The Labute approximate surface area is 133 Å². The Morgan fingerprint density at radius 1 is 1.05 bits per heavy atom. The summed E-state index contributed by atoms with van der Waals surface area (Å²) >= 11 is 0. The summed E-state index contributed by atoms with van der Waals surface area (Å²) in [4.78, 5) is 19.8. The number of amides is 1. The van der Waals surface area contributed by atoms with E-state index in [0.717, 1.165) is 5.69 Å². The number of nitrogens with zero attached hydrogens (tertiary/aromatic N) is 2. The summed E-state index contributed by atoms with van der Waals surface area (Å²) in [5.41, 5.74) is 1.39. The van der Waals surface area contributed by atoms with Crippen LogP contribution in [0.2, 0.25) is 0 Å². The molecule has 0 atom stereocenters. The van der Waals surface area contributed by atoms with Gasteiger partial charge in [-0.25, -0.2) is 9.97 Å². The molecule has 1 amide bonds. The summed E-state index contributed by atoms with van der Waals surface area (Å²) in [7, 11) is 0. The number of anilines is 2. The molecule has 1 aromatic carbocycles. The molecule has 2 aromatic rings. The molecule has 0 fully saturated rings. The van der Waals surface area contributed by atoms with Crippen LogP contribution in [0, 0.1) is 0 Å². The van der Waals surface area contributed by atoms with E-state index in [9.17, 15) is 4.79 Å². The molecule has 0 bridgehead atoms. The van der Waals surface area contributed by atoms with E-state index in [1.807, 2.05) is 46.8 Å². The van der Waals surface area contributed by atoms with E-state index in [2.05, 4.69) is 20.6 Å². The summed E-state index contributed by atoms with van der Waals surface area (Å²) < 4.78 is 0. The third-order valence-corrected chi connectivity index (χ3v) is 2.28. The third-order valence-electron chi connectivity index (χ3n) is 2.28. The quantitative estimate of drug-likeness (QED) is 0.895. The van der Waals surface area contributed by atoms with Crippen molar-refractivity contribution >= 4 is 17.5 Å². The number of nitrogens with one attached hydrogen (secondary N) is 2. The Morgan fingerprint density at radius 2 is 1.68 bits per heavy atom. The molecule has 2 rings (SSSR count). The number of carbonyl (C=O) groups is 1. The summed E-state index contributed by atoms with van der Waals surface area (Å²) in [5, 5.41) is 5.79. The maximum atomic E-state index is 11.7. The maximum absolute atomic E-state index is 11.7. The normalized spacial score (nSPS) is 8.59. The predicted octanol–water partition coefficient (Wildman–Crippen LogP) is 4.02. The molecule has 0 aliphatic heterocycles. The second kappa shape index (κ2) is 12.3. The largest absolute Gasteiger partial charge is 0.352 e. The van der Waals surface area contributed by atoms with E-state index >= 15 is 0 Å². The van der Waals surface area contributed by atoms with Crippen LogP contribution in [0.15, 0.2) is 42.7 Å². The van der Waals surface area contributed by atoms with E-state index in [-0.39, 0.29) is 5.91 Å². The van der Waals surface area contributed by atoms with Crippen molar-refractivity contribution in [2.75, 3.05) is 11.9 Å². The van der Waals surface area contributed by atoms with Gasteiger partial charge in [0.2, 0.25) is 5.95 Å². The molecule has 0 aliphatic rings. The molecule has 1 aromatic heterocycles. The molecule has 0 saturated carbocycles. The first-order chi connectivity index (χ1) is 10.8. The van der Waals surface area contributed by atoms with Crippen LogP contribution in [-0.4, -0.2) is 22.4 Å². The van der Waals surface area contributed by atoms with Gasteiger partial charge >= 0.3 is 0 Å². The molecule has 2 N–H and O–H groups in total. The van der Waals surface area contributed by atoms with Gasteiger partial charge < -0.3 is 10.6 Å². The lowest BCUT2D eigenvalue weighted by Gasteiger charge is -2.06. The molecule has 5 heteroatoms. The highest BCUT2D eigenvalue weighted by atomic mass is 16.1. The number of hydrogen-bond acceptors (Lipinski definition) is 4. The van der Waals surface area contributed by atoms with Crippen LogP contribution in [-0.2, 0) is 0 Å². The lowest BCUT2D eigenvalue weighted by molar-refractivity contribution is 0.0956. The van der Waals surface area contributed by atoms with E-state index in [0.29, 0.717) is 18.1 Å². The van der Waals surface area contributed by atoms with Crippen LogP contribution in [0.1, 0.15) is 45.0 Å². The zero-order chi connectivity index (χ0) is 16.8.